The lowest BCUT2D eigenvalue weighted by Gasteiger charge is -2.32. The zero-order valence-electron chi connectivity index (χ0n) is 13.6. The number of likely N-dealkylation sites (N-methyl/N-ethyl adjacent to an activating group) is 1. The first-order valence-electron chi connectivity index (χ1n) is 7.86. The summed E-state index contributed by atoms with van der Waals surface area (Å²) in [4.78, 5) is 17.6. The molecule has 5 nitrogen and oxygen atoms in total. The van der Waals surface area contributed by atoms with E-state index in [-0.39, 0.29) is 30.3 Å². The molecule has 3 rings (SSSR count). The number of amides is 1. The van der Waals surface area contributed by atoms with E-state index in [1.807, 2.05) is 32.0 Å². The van der Waals surface area contributed by atoms with Crippen LogP contribution in [0.1, 0.15) is 19.4 Å². The normalized spacial score (nSPS) is 22.0. The largest absolute Gasteiger partial charge is 0.394 e. The van der Waals surface area contributed by atoms with Crippen molar-refractivity contribution in [1.82, 2.24) is 10.3 Å². The third kappa shape index (κ3) is 2.67. The maximum Gasteiger partial charge on any atom is 0.243 e. The number of H-pyrrole nitrogens is 1. The molecular weight excluding hydrogens is 297 g/mol. The molecular formula is C17H22FN3O2. The van der Waals surface area contributed by atoms with E-state index < -0.39 is 6.04 Å². The van der Waals surface area contributed by atoms with Gasteiger partial charge in [0.15, 0.2) is 0 Å². The van der Waals surface area contributed by atoms with Gasteiger partial charge in [-0.1, -0.05) is 13.8 Å². The Bertz CT molecular complexity index is 741. The number of aromatic amines is 1. The van der Waals surface area contributed by atoms with E-state index in [4.69, 9.17) is 0 Å². The van der Waals surface area contributed by atoms with E-state index in [1.165, 1.54) is 12.1 Å². The van der Waals surface area contributed by atoms with Crippen LogP contribution < -0.4 is 10.2 Å². The molecule has 23 heavy (non-hydrogen) atoms. The topological polar surface area (TPSA) is 68.4 Å². The van der Waals surface area contributed by atoms with E-state index in [2.05, 4.69) is 10.3 Å². The second kappa shape index (κ2) is 5.85. The molecule has 2 atom stereocenters. The number of benzene rings is 1. The fourth-order valence-corrected chi connectivity index (χ4v) is 3.51. The molecule has 0 saturated heterocycles. The van der Waals surface area contributed by atoms with E-state index in [1.54, 1.807) is 0 Å². The highest BCUT2D eigenvalue weighted by Crippen LogP contribution is 2.34. The standard InChI is InChI=1S/C17H22FN3O2/c1-9(2)16-17(23)20-12(8-22)4-10-7-19-13-5-11(18)6-14(15(10)13)21(16)3/h5-7,9,12,16,19,22H,4,8H2,1-3H3,(H,20,23)/t12-,16-/m0/s1. The molecule has 0 unspecified atom stereocenters. The van der Waals surface area contributed by atoms with Crippen molar-refractivity contribution < 1.29 is 14.3 Å². The van der Waals surface area contributed by atoms with Crippen LogP contribution in [0.25, 0.3) is 10.9 Å². The number of hydrogen-bond donors (Lipinski definition) is 3. The lowest BCUT2D eigenvalue weighted by Crippen LogP contribution is -2.52. The Morgan fingerprint density at radius 1 is 1.43 bits per heavy atom. The Balaban J connectivity index is 2.24. The SMILES string of the molecule is CC(C)[C@H]1C(=O)N[C@H](CO)Cc2c[nH]c3cc(F)cc(c23)N1C. The number of carbonyl (C=O) groups excluding carboxylic acids is 1. The number of aliphatic hydroxyl groups is 1. The van der Waals surface area contributed by atoms with Crippen molar-refractivity contribution in [3.63, 3.8) is 0 Å². The van der Waals surface area contributed by atoms with E-state index in [9.17, 15) is 14.3 Å². The Morgan fingerprint density at radius 2 is 2.17 bits per heavy atom. The minimum Gasteiger partial charge on any atom is -0.394 e. The van der Waals surface area contributed by atoms with Crippen LogP contribution in [0.4, 0.5) is 10.1 Å². The van der Waals surface area contributed by atoms with Gasteiger partial charge in [0.2, 0.25) is 5.91 Å². The third-order valence-corrected chi connectivity index (χ3v) is 4.54. The number of halogens is 1. The van der Waals surface area contributed by atoms with Crippen molar-refractivity contribution >= 4 is 22.5 Å². The van der Waals surface area contributed by atoms with Gasteiger partial charge in [0.1, 0.15) is 11.9 Å². The van der Waals surface area contributed by atoms with Gasteiger partial charge >= 0.3 is 0 Å². The molecule has 0 fully saturated rings. The number of aromatic nitrogens is 1. The van der Waals surface area contributed by atoms with Gasteiger partial charge in [-0.25, -0.2) is 4.39 Å². The van der Waals surface area contributed by atoms with Crippen molar-refractivity contribution in [3.8, 4) is 0 Å². The molecule has 0 aliphatic carbocycles. The number of hydrogen-bond acceptors (Lipinski definition) is 3. The van der Waals surface area contributed by atoms with Crippen LogP contribution in [-0.2, 0) is 11.2 Å². The van der Waals surface area contributed by atoms with Gasteiger partial charge in [0.25, 0.3) is 0 Å². The summed E-state index contributed by atoms with van der Waals surface area (Å²) in [7, 11) is 1.81. The highest BCUT2D eigenvalue weighted by Gasteiger charge is 2.32. The van der Waals surface area contributed by atoms with Gasteiger partial charge in [-0.3, -0.25) is 4.79 Å². The minimum atomic E-state index is -0.435. The smallest absolute Gasteiger partial charge is 0.243 e. The summed E-state index contributed by atoms with van der Waals surface area (Å²) >= 11 is 0. The van der Waals surface area contributed by atoms with Crippen LogP contribution in [0.3, 0.4) is 0 Å². The molecule has 0 spiro atoms. The first kappa shape index (κ1) is 15.8. The summed E-state index contributed by atoms with van der Waals surface area (Å²) in [6, 6.07) is 2.14. The molecule has 1 amide bonds. The van der Waals surface area contributed by atoms with E-state index in [0.29, 0.717) is 17.6 Å². The van der Waals surface area contributed by atoms with Gasteiger partial charge in [0.05, 0.1) is 18.2 Å². The molecule has 124 valence electrons. The highest BCUT2D eigenvalue weighted by molar-refractivity contribution is 5.98. The van der Waals surface area contributed by atoms with Crippen molar-refractivity contribution in [2.45, 2.75) is 32.4 Å². The van der Waals surface area contributed by atoms with Gasteiger partial charge in [-0.2, -0.15) is 0 Å². The van der Waals surface area contributed by atoms with Crippen molar-refractivity contribution in [1.29, 1.82) is 0 Å². The number of aliphatic hydroxyl groups excluding tert-OH is 1. The maximum absolute atomic E-state index is 14.0. The second-order valence-electron chi connectivity index (χ2n) is 6.55. The number of nitrogens with zero attached hydrogens (tertiary/aromatic N) is 1. The second-order valence-corrected chi connectivity index (χ2v) is 6.55. The molecule has 2 heterocycles. The Hall–Kier alpha value is -2.08. The van der Waals surface area contributed by atoms with Gasteiger partial charge in [-0.05, 0) is 30.0 Å². The van der Waals surface area contributed by atoms with Crippen LogP contribution in [0.15, 0.2) is 18.3 Å². The van der Waals surface area contributed by atoms with E-state index in [0.717, 1.165) is 10.9 Å². The fourth-order valence-electron chi connectivity index (χ4n) is 3.51. The van der Waals surface area contributed by atoms with Gasteiger partial charge < -0.3 is 20.3 Å². The lowest BCUT2D eigenvalue weighted by atomic mass is 10.0. The summed E-state index contributed by atoms with van der Waals surface area (Å²) in [5.41, 5.74) is 2.37. The van der Waals surface area contributed by atoms with Gasteiger partial charge in [0, 0.05) is 24.3 Å². The van der Waals surface area contributed by atoms with Crippen molar-refractivity contribution in [2.24, 2.45) is 5.92 Å². The number of carbonyl (C=O) groups is 1. The number of rotatable bonds is 2. The first-order valence-corrected chi connectivity index (χ1v) is 7.86. The molecule has 0 saturated carbocycles. The lowest BCUT2D eigenvalue weighted by molar-refractivity contribution is -0.124. The number of nitrogens with one attached hydrogen (secondary N) is 2. The summed E-state index contributed by atoms with van der Waals surface area (Å²) < 4.78 is 14.0. The predicted molar refractivity (Wildman–Crippen MR) is 88.0 cm³/mol. The molecule has 1 aromatic heterocycles. The average molecular weight is 319 g/mol. The third-order valence-electron chi connectivity index (χ3n) is 4.54. The molecule has 1 aliphatic heterocycles. The Labute approximate surface area is 134 Å². The van der Waals surface area contributed by atoms with Crippen LogP contribution in [0.5, 0.6) is 0 Å². The monoisotopic (exact) mass is 319 g/mol. The Kier molecular flexibility index (Phi) is 4.02. The Morgan fingerprint density at radius 3 is 2.83 bits per heavy atom. The molecule has 1 aliphatic rings. The molecule has 0 bridgehead atoms. The van der Waals surface area contributed by atoms with E-state index >= 15 is 0 Å². The zero-order valence-corrected chi connectivity index (χ0v) is 13.6. The molecule has 3 N–H and O–H groups in total. The highest BCUT2D eigenvalue weighted by atomic mass is 19.1. The van der Waals surface area contributed by atoms with Crippen molar-refractivity contribution in [3.05, 3.63) is 29.7 Å². The molecule has 2 aromatic rings. The van der Waals surface area contributed by atoms with Crippen molar-refractivity contribution in [2.75, 3.05) is 18.6 Å². The van der Waals surface area contributed by atoms with Crippen LogP contribution >= 0.6 is 0 Å². The summed E-state index contributed by atoms with van der Waals surface area (Å²) in [5, 5.41) is 13.4. The van der Waals surface area contributed by atoms with Crippen LogP contribution in [0, 0.1) is 11.7 Å². The predicted octanol–water partition coefficient (Wildman–Crippen LogP) is 1.80. The first-order chi connectivity index (χ1) is 10.9. The molecule has 6 heteroatoms. The average Bonchev–Trinajstić information content (AvgIpc) is 2.88. The zero-order chi connectivity index (χ0) is 16.7. The van der Waals surface area contributed by atoms with Crippen LogP contribution in [0.2, 0.25) is 0 Å². The summed E-state index contributed by atoms with van der Waals surface area (Å²) in [6.07, 6.45) is 2.32. The molecule has 1 aromatic carbocycles. The minimum absolute atomic E-state index is 0.0400. The maximum atomic E-state index is 14.0. The van der Waals surface area contributed by atoms with Crippen LogP contribution in [-0.4, -0.2) is 41.7 Å². The van der Waals surface area contributed by atoms with Gasteiger partial charge in [-0.15, -0.1) is 0 Å². The quantitative estimate of drug-likeness (QED) is 0.791. The number of anilines is 1. The summed E-state index contributed by atoms with van der Waals surface area (Å²) in [5.74, 6) is -0.445. The molecule has 0 radical (unpaired) electrons. The fraction of sp³-hybridized carbons (Fsp3) is 0.471. The summed E-state index contributed by atoms with van der Waals surface area (Å²) in [6.45, 7) is 3.78.